The van der Waals surface area contributed by atoms with E-state index in [1.54, 1.807) is 0 Å². The molecule has 0 atom stereocenters. The summed E-state index contributed by atoms with van der Waals surface area (Å²) in [4.78, 5) is 25.2. The highest BCUT2D eigenvalue weighted by Crippen LogP contribution is 2.25. The van der Waals surface area contributed by atoms with Gasteiger partial charge in [0.15, 0.2) is 16.7 Å². The fourth-order valence-corrected chi connectivity index (χ4v) is 1.11. The lowest BCUT2D eigenvalue weighted by Crippen LogP contribution is -2.24. The molecule has 1 rings (SSSR count). The minimum atomic E-state index is -1.19. The maximum Gasteiger partial charge on any atom is 0.410 e. The Kier molecular flexibility index (Phi) is 3.62. The fourth-order valence-electron chi connectivity index (χ4n) is 0.970. The van der Waals surface area contributed by atoms with E-state index in [4.69, 9.17) is 17.3 Å². The molecule has 16 heavy (non-hydrogen) atoms. The molecule has 0 aliphatic carbocycles. The van der Waals surface area contributed by atoms with Crippen LogP contribution in [-0.2, 0) is 0 Å². The lowest BCUT2D eigenvalue weighted by atomic mass is 10.2. The molecule has 0 saturated carbocycles. The number of amides is 2. The highest BCUT2D eigenvalue weighted by atomic mass is 35.5. The lowest BCUT2D eigenvalue weighted by molar-refractivity contribution is 0.0956. The topological polar surface area (TPSA) is 94.3 Å². The second-order valence-electron chi connectivity index (χ2n) is 2.60. The third-order valence-electron chi connectivity index (χ3n) is 1.61. The van der Waals surface area contributed by atoms with Crippen LogP contribution in [0.5, 0.6) is 5.75 Å². The van der Waals surface area contributed by atoms with Gasteiger partial charge >= 0.3 is 6.09 Å². The van der Waals surface area contributed by atoms with Crippen LogP contribution in [0.2, 0.25) is 5.15 Å². The van der Waals surface area contributed by atoms with Crippen molar-refractivity contribution in [1.82, 2.24) is 10.3 Å². The number of rotatable bonds is 2. The van der Waals surface area contributed by atoms with E-state index in [1.807, 2.05) is 0 Å². The quantitative estimate of drug-likeness (QED) is 0.752. The molecule has 0 unspecified atom stereocenters. The average Bonchev–Trinajstić information content (AvgIpc) is 2.22. The molecule has 0 radical (unpaired) electrons. The Morgan fingerprint density at radius 1 is 1.62 bits per heavy atom. The van der Waals surface area contributed by atoms with E-state index in [-0.39, 0.29) is 0 Å². The van der Waals surface area contributed by atoms with Gasteiger partial charge in [0, 0.05) is 7.05 Å². The van der Waals surface area contributed by atoms with E-state index >= 15 is 0 Å². The van der Waals surface area contributed by atoms with E-state index in [0.29, 0.717) is 0 Å². The van der Waals surface area contributed by atoms with Crippen LogP contribution < -0.4 is 15.8 Å². The largest absolute Gasteiger partial charge is 0.410 e. The number of halogens is 2. The minimum Gasteiger partial charge on any atom is -0.408 e. The summed E-state index contributed by atoms with van der Waals surface area (Å²) in [5.41, 5.74) is 4.22. The third kappa shape index (κ3) is 2.37. The molecule has 1 heterocycles. The van der Waals surface area contributed by atoms with Crippen LogP contribution in [0.3, 0.4) is 0 Å². The van der Waals surface area contributed by atoms with Crippen molar-refractivity contribution in [3.63, 3.8) is 0 Å². The first-order chi connectivity index (χ1) is 7.47. The van der Waals surface area contributed by atoms with Gasteiger partial charge in [-0.05, 0) is 0 Å². The van der Waals surface area contributed by atoms with E-state index < -0.39 is 34.3 Å². The number of hydrogen-bond acceptors (Lipinski definition) is 4. The van der Waals surface area contributed by atoms with Gasteiger partial charge in [0.25, 0.3) is 5.91 Å². The zero-order chi connectivity index (χ0) is 12.3. The smallest absolute Gasteiger partial charge is 0.408 e. The van der Waals surface area contributed by atoms with Crippen LogP contribution in [0.15, 0.2) is 6.20 Å². The van der Waals surface area contributed by atoms with Gasteiger partial charge in [-0.15, -0.1) is 0 Å². The Morgan fingerprint density at radius 2 is 2.25 bits per heavy atom. The number of hydrogen-bond donors (Lipinski definition) is 2. The van der Waals surface area contributed by atoms with Gasteiger partial charge in [-0.1, -0.05) is 11.6 Å². The molecule has 0 saturated heterocycles. The Balaban J connectivity index is 3.32. The molecule has 0 aliphatic rings. The molecule has 0 aromatic carbocycles. The van der Waals surface area contributed by atoms with E-state index in [1.165, 1.54) is 7.05 Å². The van der Waals surface area contributed by atoms with Crippen molar-refractivity contribution >= 4 is 23.6 Å². The predicted octanol–water partition coefficient (Wildman–Crippen LogP) is 0.691. The monoisotopic (exact) mass is 247 g/mol. The second kappa shape index (κ2) is 4.75. The molecular formula is C8H7ClFN3O3. The molecule has 2 amide bonds. The first kappa shape index (κ1) is 12.2. The first-order valence-electron chi connectivity index (χ1n) is 4.00. The van der Waals surface area contributed by atoms with Crippen LogP contribution in [0.25, 0.3) is 0 Å². The van der Waals surface area contributed by atoms with Crippen LogP contribution in [0.4, 0.5) is 9.18 Å². The van der Waals surface area contributed by atoms with Crippen molar-refractivity contribution in [2.75, 3.05) is 7.05 Å². The van der Waals surface area contributed by atoms with Gasteiger partial charge in [-0.2, -0.15) is 0 Å². The van der Waals surface area contributed by atoms with E-state index in [2.05, 4.69) is 15.0 Å². The lowest BCUT2D eigenvalue weighted by Gasteiger charge is -2.08. The number of pyridine rings is 1. The minimum absolute atomic E-state index is 0.395. The molecule has 0 aliphatic heterocycles. The maximum absolute atomic E-state index is 13.5. The molecule has 1 aromatic heterocycles. The summed E-state index contributed by atoms with van der Waals surface area (Å²) in [7, 11) is 1.28. The molecule has 8 heteroatoms. The molecule has 0 bridgehead atoms. The number of ether oxygens (including phenoxy) is 1. The average molecular weight is 248 g/mol. The summed E-state index contributed by atoms with van der Waals surface area (Å²) in [5, 5.41) is 1.66. The number of nitrogens with one attached hydrogen (secondary N) is 1. The van der Waals surface area contributed by atoms with Crippen molar-refractivity contribution in [3.8, 4) is 5.75 Å². The van der Waals surface area contributed by atoms with Crippen LogP contribution in [0, 0.1) is 5.82 Å². The zero-order valence-corrected chi connectivity index (χ0v) is 8.84. The van der Waals surface area contributed by atoms with Gasteiger partial charge in [0.2, 0.25) is 0 Å². The summed E-state index contributed by atoms with van der Waals surface area (Å²) in [6.07, 6.45) is -0.255. The molecule has 6 nitrogen and oxygen atoms in total. The van der Waals surface area contributed by atoms with Crippen molar-refractivity contribution < 1.29 is 18.7 Å². The Labute approximate surface area is 94.5 Å². The van der Waals surface area contributed by atoms with Gasteiger partial charge < -0.3 is 15.8 Å². The van der Waals surface area contributed by atoms with Crippen molar-refractivity contribution in [1.29, 1.82) is 0 Å². The molecular weight excluding hydrogens is 241 g/mol. The Bertz CT molecular complexity index is 452. The van der Waals surface area contributed by atoms with Crippen LogP contribution >= 0.6 is 11.6 Å². The summed E-state index contributed by atoms with van der Waals surface area (Å²) in [6, 6.07) is 0. The van der Waals surface area contributed by atoms with Crippen LogP contribution in [0.1, 0.15) is 10.4 Å². The standard InChI is InChI=1S/C8H7ClFN3O3/c1-12-7(14)4-3(16-8(11)15)2-13-6(9)5(4)10/h2H,1H3,(H2,11,15)(H,12,14). The summed E-state index contributed by atoms with van der Waals surface area (Å²) in [5.74, 6) is -2.29. The summed E-state index contributed by atoms with van der Waals surface area (Å²) < 4.78 is 17.9. The number of carbonyl (C=O) groups is 2. The molecule has 86 valence electrons. The van der Waals surface area contributed by atoms with Gasteiger partial charge in [0.05, 0.1) is 6.20 Å². The number of aromatic nitrogens is 1. The molecule has 0 fully saturated rings. The summed E-state index contributed by atoms with van der Waals surface area (Å²) >= 11 is 5.39. The number of primary amides is 1. The van der Waals surface area contributed by atoms with Gasteiger partial charge in [-0.25, -0.2) is 14.2 Å². The Hall–Kier alpha value is -1.89. The summed E-state index contributed by atoms with van der Waals surface area (Å²) in [6.45, 7) is 0. The first-order valence-corrected chi connectivity index (χ1v) is 4.38. The van der Waals surface area contributed by atoms with Crippen LogP contribution in [-0.4, -0.2) is 24.0 Å². The molecule has 0 spiro atoms. The van der Waals surface area contributed by atoms with Gasteiger partial charge in [-0.3, -0.25) is 4.79 Å². The van der Waals surface area contributed by atoms with Crippen molar-refractivity contribution in [2.24, 2.45) is 5.73 Å². The second-order valence-corrected chi connectivity index (χ2v) is 2.96. The molecule has 1 aromatic rings. The number of nitrogens with zero attached hydrogens (tertiary/aromatic N) is 1. The maximum atomic E-state index is 13.5. The van der Waals surface area contributed by atoms with Gasteiger partial charge in [0.1, 0.15) is 5.56 Å². The van der Waals surface area contributed by atoms with E-state index in [9.17, 15) is 14.0 Å². The SMILES string of the molecule is CNC(=O)c1c(OC(N)=O)cnc(Cl)c1F. The highest BCUT2D eigenvalue weighted by molar-refractivity contribution is 6.30. The number of carbonyl (C=O) groups excluding carboxylic acids is 2. The zero-order valence-electron chi connectivity index (χ0n) is 8.08. The third-order valence-corrected chi connectivity index (χ3v) is 1.87. The molecule has 3 N–H and O–H groups in total. The van der Waals surface area contributed by atoms with E-state index in [0.717, 1.165) is 6.20 Å². The fraction of sp³-hybridized carbons (Fsp3) is 0.125. The number of nitrogens with two attached hydrogens (primary N) is 1. The highest BCUT2D eigenvalue weighted by Gasteiger charge is 2.22. The predicted molar refractivity (Wildman–Crippen MR) is 52.8 cm³/mol. The van der Waals surface area contributed by atoms with Crippen molar-refractivity contribution in [2.45, 2.75) is 0 Å². The van der Waals surface area contributed by atoms with Crippen molar-refractivity contribution in [3.05, 3.63) is 22.7 Å². The normalized spacial score (nSPS) is 9.69. The Morgan fingerprint density at radius 3 is 2.75 bits per heavy atom.